The average molecular weight is 429 g/mol. The first-order valence-corrected chi connectivity index (χ1v) is 9.37. The molecule has 1 atom stereocenters. The fraction of sp³-hybridized carbons (Fsp3) is 0.278. The van der Waals surface area contributed by atoms with Crippen LogP contribution in [0, 0.1) is 13.8 Å². The molecule has 0 saturated heterocycles. The van der Waals surface area contributed by atoms with Crippen LogP contribution in [-0.2, 0) is 13.2 Å². The first-order valence-electron chi connectivity index (χ1n) is 8.17. The van der Waals surface area contributed by atoms with Crippen molar-refractivity contribution in [1.82, 2.24) is 20.1 Å². The van der Waals surface area contributed by atoms with Crippen LogP contribution in [0.15, 0.2) is 30.5 Å². The minimum Gasteiger partial charge on any atom is -0.339 e. The van der Waals surface area contributed by atoms with E-state index in [1.54, 1.807) is 24.3 Å². The van der Waals surface area contributed by atoms with Crippen molar-refractivity contribution < 1.29 is 18.0 Å². The molecule has 0 aliphatic heterocycles. The molecule has 28 heavy (non-hydrogen) atoms. The number of hydrogen-bond acceptors (Lipinski definition) is 4. The molecule has 0 fully saturated rings. The maximum absolute atomic E-state index is 13.2. The quantitative estimate of drug-likeness (QED) is 0.656. The molecule has 5 nitrogen and oxygen atoms in total. The van der Waals surface area contributed by atoms with Gasteiger partial charge in [0, 0.05) is 23.1 Å². The predicted octanol–water partition coefficient (Wildman–Crippen LogP) is 4.69. The highest BCUT2D eigenvalue weighted by atomic mass is 35.5. The molecule has 3 rings (SSSR count). The Morgan fingerprint density at radius 1 is 1.32 bits per heavy atom. The van der Waals surface area contributed by atoms with Gasteiger partial charge in [0.15, 0.2) is 5.69 Å². The van der Waals surface area contributed by atoms with Gasteiger partial charge in [-0.1, -0.05) is 23.7 Å². The van der Waals surface area contributed by atoms with Crippen LogP contribution in [0.3, 0.4) is 0 Å². The van der Waals surface area contributed by atoms with E-state index in [1.807, 2.05) is 13.8 Å². The van der Waals surface area contributed by atoms with Crippen molar-refractivity contribution >= 4 is 28.8 Å². The van der Waals surface area contributed by atoms with E-state index in [4.69, 9.17) is 11.6 Å². The van der Waals surface area contributed by atoms with Gasteiger partial charge in [-0.05, 0) is 31.5 Å². The Kier molecular flexibility index (Phi) is 5.49. The van der Waals surface area contributed by atoms with Gasteiger partial charge in [-0.25, -0.2) is 4.98 Å². The summed E-state index contributed by atoms with van der Waals surface area (Å²) in [6.07, 6.45) is -3.70. The summed E-state index contributed by atoms with van der Waals surface area (Å²) < 4.78 is 40.7. The molecule has 0 bridgehead atoms. The minimum absolute atomic E-state index is 0.444. The van der Waals surface area contributed by atoms with Crippen LogP contribution >= 0.6 is 22.9 Å². The molecule has 2 heterocycles. The molecular weight excluding hydrogens is 413 g/mol. The van der Waals surface area contributed by atoms with Crippen LogP contribution in [0.4, 0.5) is 13.2 Å². The largest absolute Gasteiger partial charge is 0.435 e. The van der Waals surface area contributed by atoms with E-state index in [0.717, 1.165) is 21.4 Å². The highest BCUT2D eigenvalue weighted by molar-refractivity contribution is 7.11. The number of aromatic nitrogens is 3. The van der Waals surface area contributed by atoms with Crippen molar-refractivity contribution in [2.75, 3.05) is 0 Å². The van der Waals surface area contributed by atoms with E-state index in [1.165, 1.54) is 18.4 Å². The van der Waals surface area contributed by atoms with E-state index in [2.05, 4.69) is 15.4 Å². The zero-order chi connectivity index (χ0) is 20.6. The normalized spacial score (nSPS) is 12.8. The van der Waals surface area contributed by atoms with Crippen LogP contribution < -0.4 is 5.32 Å². The fourth-order valence-electron chi connectivity index (χ4n) is 2.67. The summed E-state index contributed by atoms with van der Waals surface area (Å²) in [6.45, 7) is 3.71. The maximum atomic E-state index is 13.2. The topological polar surface area (TPSA) is 59.8 Å². The number of thiazole rings is 1. The third kappa shape index (κ3) is 4.20. The summed E-state index contributed by atoms with van der Waals surface area (Å²) in [5, 5.41) is 7.04. The van der Waals surface area contributed by atoms with E-state index in [-0.39, 0.29) is 0 Å². The van der Waals surface area contributed by atoms with E-state index in [9.17, 15) is 18.0 Å². The summed E-state index contributed by atoms with van der Waals surface area (Å²) in [4.78, 5) is 18.1. The summed E-state index contributed by atoms with van der Waals surface area (Å²) in [5.74, 6) is -0.893. The van der Waals surface area contributed by atoms with Crippen LogP contribution in [0.5, 0.6) is 0 Å². The molecule has 0 aliphatic rings. The van der Waals surface area contributed by atoms with Gasteiger partial charge in [-0.2, -0.15) is 18.3 Å². The van der Waals surface area contributed by atoms with Gasteiger partial charge < -0.3 is 5.32 Å². The molecule has 1 N–H and O–H groups in total. The average Bonchev–Trinajstić information content (AvgIpc) is 3.15. The van der Waals surface area contributed by atoms with Crippen LogP contribution in [0.25, 0.3) is 0 Å². The molecule has 1 amide bonds. The highest BCUT2D eigenvalue weighted by Crippen LogP contribution is 2.33. The van der Waals surface area contributed by atoms with Gasteiger partial charge in [-0.15, -0.1) is 11.3 Å². The lowest BCUT2D eigenvalue weighted by Gasteiger charge is -2.17. The molecule has 0 spiro atoms. The molecule has 1 unspecified atom stereocenters. The monoisotopic (exact) mass is 428 g/mol. The van der Waals surface area contributed by atoms with Crippen molar-refractivity contribution in [3.8, 4) is 0 Å². The number of carbonyl (C=O) groups is 1. The predicted molar refractivity (Wildman–Crippen MR) is 101 cm³/mol. The van der Waals surface area contributed by atoms with Gasteiger partial charge >= 0.3 is 6.18 Å². The standard InChI is InChI=1S/C18H16ClF3N4OS/c1-9-10(2)28-17(23-9)14(11-5-4-6-12(19)7-11)24-16(27)13-8-26(3)25-15(13)18(20,21)22/h4-8,14H,1-3H3,(H,24,27). The lowest BCUT2D eigenvalue weighted by atomic mass is 10.1. The molecule has 1 aromatic carbocycles. The molecular formula is C18H16ClF3N4OS. The third-order valence-corrected chi connectivity index (χ3v) is 5.46. The van der Waals surface area contributed by atoms with E-state index < -0.39 is 29.4 Å². The van der Waals surface area contributed by atoms with Gasteiger partial charge in [0.05, 0.1) is 11.3 Å². The number of alkyl halides is 3. The van der Waals surface area contributed by atoms with E-state index in [0.29, 0.717) is 15.6 Å². The molecule has 0 saturated carbocycles. The Hall–Kier alpha value is -2.39. The number of carbonyl (C=O) groups excluding carboxylic acids is 1. The molecule has 2 aromatic heterocycles. The summed E-state index contributed by atoms with van der Waals surface area (Å²) in [5.41, 5.74) is -0.374. The minimum atomic E-state index is -4.74. The number of halogens is 4. The Morgan fingerprint density at radius 2 is 2.04 bits per heavy atom. The second kappa shape index (κ2) is 7.56. The van der Waals surface area contributed by atoms with Gasteiger partial charge in [0.2, 0.25) is 0 Å². The second-order valence-electron chi connectivity index (χ2n) is 6.22. The highest BCUT2D eigenvalue weighted by Gasteiger charge is 2.39. The maximum Gasteiger partial charge on any atom is 0.435 e. The number of amides is 1. The molecule has 10 heteroatoms. The summed E-state index contributed by atoms with van der Waals surface area (Å²) in [7, 11) is 1.33. The Morgan fingerprint density at radius 3 is 2.61 bits per heavy atom. The second-order valence-corrected chi connectivity index (χ2v) is 7.89. The number of rotatable bonds is 4. The Bertz CT molecular complexity index is 1010. The fourth-order valence-corrected chi connectivity index (χ4v) is 3.87. The van der Waals surface area contributed by atoms with Gasteiger partial charge in [0.25, 0.3) is 5.91 Å². The van der Waals surface area contributed by atoms with Crippen LogP contribution in [-0.4, -0.2) is 20.7 Å². The van der Waals surface area contributed by atoms with Crippen molar-refractivity contribution in [2.24, 2.45) is 7.05 Å². The smallest absolute Gasteiger partial charge is 0.339 e. The van der Waals surface area contributed by atoms with Crippen molar-refractivity contribution in [3.63, 3.8) is 0 Å². The summed E-state index contributed by atoms with van der Waals surface area (Å²) >= 11 is 7.43. The first kappa shape index (κ1) is 20.3. The zero-order valence-corrected chi connectivity index (χ0v) is 16.7. The van der Waals surface area contributed by atoms with E-state index >= 15 is 0 Å². The number of hydrogen-bond donors (Lipinski definition) is 1. The van der Waals surface area contributed by atoms with Crippen LogP contribution in [0.1, 0.15) is 43.2 Å². The Labute approximate surface area is 168 Å². The molecule has 3 aromatic rings. The lowest BCUT2D eigenvalue weighted by molar-refractivity contribution is -0.141. The van der Waals surface area contributed by atoms with Crippen LogP contribution in [0.2, 0.25) is 5.02 Å². The molecule has 0 radical (unpaired) electrons. The number of aryl methyl sites for hydroxylation is 3. The lowest BCUT2D eigenvalue weighted by Crippen LogP contribution is -2.30. The molecule has 148 valence electrons. The van der Waals surface area contributed by atoms with Crippen molar-refractivity contribution in [2.45, 2.75) is 26.1 Å². The van der Waals surface area contributed by atoms with Crippen molar-refractivity contribution in [1.29, 1.82) is 0 Å². The third-order valence-electron chi connectivity index (χ3n) is 4.09. The SMILES string of the molecule is Cc1nc(C(NC(=O)c2cn(C)nc2C(F)(F)F)c2cccc(Cl)c2)sc1C. The number of benzene rings is 1. The Balaban J connectivity index is 2.02. The van der Waals surface area contributed by atoms with Gasteiger partial charge in [0.1, 0.15) is 11.0 Å². The zero-order valence-electron chi connectivity index (χ0n) is 15.1. The summed E-state index contributed by atoms with van der Waals surface area (Å²) in [6, 6.07) is 6.01. The number of nitrogens with one attached hydrogen (secondary N) is 1. The molecule has 0 aliphatic carbocycles. The number of nitrogens with zero attached hydrogens (tertiary/aromatic N) is 3. The van der Waals surface area contributed by atoms with Gasteiger partial charge in [-0.3, -0.25) is 9.48 Å². The first-order chi connectivity index (χ1) is 13.1. The van der Waals surface area contributed by atoms with Crippen molar-refractivity contribution in [3.05, 3.63) is 67.9 Å².